The summed E-state index contributed by atoms with van der Waals surface area (Å²) >= 11 is 5.87. The number of hydrogen-bond donors (Lipinski definition) is 2. The molecule has 0 unspecified atom stereocenters. The maximum Gasteiger partial charge on any atom is 0.241 e. The molecule has 0 aliphatic carbocycles. The molecular formula is C16H16ClFN2O3S. The van der Waals surface area contributed by atoms with Crippen molar-refractivity contribution in [1.29, 1.82) is 0 Å². The van der Waals surface area contributed by atoms with Crippen molar-refractivity contribution in [3.63, 3.8) is 0 Å². The van der Waals surface area contributed by atoms with Gasteiger partial charge >= 0.3 is 0 Å². The summed E-state index contributed by atoms with van der Waals surface area (Å²) in [6.45, 7) is 2.82. The van der Waals surface area contributed by atoms with Crippen molar-refractivity contribution in [2.45, 2.75) is 18.7 Å². The van der Waals surface area contributed by atoms with Gasteiger partial charge in [-0.25, -0.2) is 17.5 Å². The van der Waals surface area contributed by atoms with E-state index in [9.17, 15) is 17.6 Å². The van der Waals surface area contributed by atoms with Crippen LogP contribution >= 0.6 is 11.6 Å². The van der Waals surface area contributed by atoms with E-state index in [1.54, 1.807) is 25.1 Å². The van der Waals surface area contributed by atoms with Crippen molar-refractivity contribution in [3.8, 4) is 0 Å². The van der Waals surface area contributed by atoms with E-state index in [0.29, 0.717) is 10.7 Å². The first-order chi connectivity index (χ1) is 11.2. The number of hydrogen-bond acceptors (Lipinski definition) is 3. The highest BCUT2D eigenvalue weighted by Crippen LogP contribution is 2.20. The number of halogens is 2. The minimum absolute atomic E-state index is 0.0735. The molecular weight excluding hydrogens is 355 g/mol. The van der Waals surface area contributed by atoms with Crippen molar-refractivity contribution in [2.24, 2.45) is 0 Å². The molecule has 0 aliphatic heterocycles. The van der Waals surface area contributed by atoms with Gasteiger partial charge in [0, 0.05) is 10.7 Å². The van der Waals surface area contributed by atoms with E-state index in [1.807, 2.05) is 0 Å². The van der Waals surface area contributed by atoms with Gasteiger partial charge in [-0.05, 0) is 55.3 Å². The summed E-state index contributed by atoms with van der Waals surface area (Å²) in [5.74, 6) is -1.07. The number of aryl methyl sites for hydroxylation is 2. The zero-order valence-electron chi connectivity index (χ0n) is 13.1. The molecule has 0 spiro atoms. The van der Waals surface area contributed by atoms with Crippen LogP contribution in [0.15, 0.2) is 41.3 Å². The smallest absolute Gasteiger partial charge is 0.241 e. The summed E-state index contributed by atoms with van der Waals surface area (Å²) in [6.07, 6.45) is 0. The first-order valence-electron chi connectivity index (χ1n) is 7.01. The van der Waals surface area contributed by atoms with E-state index in [1.165, 1.54) is 6.92 Å². The third kappa shape index (κ3) is 4.53. The Morgan fingerprint density at radius 1 is 1.12 bits per heavy atom. The highest BCUT2D eigenvalue weighted by molar-refractivity contribution is 7.89. The van der Waals surface area contributed by atoms with E-state index in [0.717, 1.165) is 23.8 Å². The highest BCUT2D eigenvalue weighted by atomic mass is 35.5. The number of rotatable bonds is 5. The van der Waals surface area contributed by atoms with E-state index < -0.39 is 28.3 Å². The van der Waals surface area contributed by atoms with Crippen molar-refractivity contribution < 1.29 is 17.6 Å². The van der Waals surface area contributed by atoms with Gasteiger partial charge in [-0.1, -0.05) is 17.7 Å². The maximum atomic E-state index is 13.1. The molecule has 0 heterocycles. The van der Waals surface area contributed by atoms with Gasteiger partial charge in [0.2, 0.25) is 15.9 Å². The molecule has 0 bridgehead atoms. The molecule has 1 amide bonds. The van der Waals surface area contributed by atoms with Crippen LogP contribution in [0.1, 0.15) is 11.1 Å². The van der Waals surface area contributed by atoms with Gasteiger partial charge in [0.05, 0.1) is 11.4 Å². The standard InChI is InChI=1S/C16H16ClFN2O3S/c1-10-3-4-12(17)8-14(10)20-16(21)9-19-24(22,23)15-6-5-13(18)7-11(15)2/h3-8,19H,9H2,1-2H3,(H,20,21). The first kappa shape index (κ1) is 18.4. The van der Waals surface area contributed by atoms with Crippen LogP contribution in [0.25, 0.3) is 0 Å². The maximum absolute atomic E-state index is 13.1. The first-order valence-corrected chi connectivity index (χ1v) is 8.87. The minimum atomic E-state index is -3.92. The van der Waals surface area contributed by atoms with Crippen LogP contribution in [0, 0.1) is 19.7 Å². The van der Waals surface area contributed by atoms with Crippen molar-refractivity contribution in [1.82, 2.24) is 4.72 Å². The molecule has 5 nitrogen and oxygen atoms in total. The second-order valence-corrected chi connectivity index (χ2v) is 7.41. The zero-order valence-corrected chi connectivity index (χ0v) is 14.6. The van der Waals surface area contributed by atoms with Gasteiger partial charge in [0.1, 0.15) is 5.82 Å². The van der Waals surface area contributed by atoms with Crippen molar-refractivity contribution in [3.05, 3.63) is 58.4 Å². The Labute approximate surface area is 144 Å². The molecule has 2 aromatic carbocycles. The molecule has 2 N–H and O–H groups in total. The number of nitrogens with one attached hydrogen (secondary N) is 2. The molecule has 24 heavy (non-hydrogen) atoms. The molecule has 2 aromatic rings. The molecule has 2 rings (SSSR count). The van der Waals surface area contributed by atoms with E-state index >= 15 is 0 Å². The average molecular weight is 371 g/mol. The van der Waals surface area contributed by atoms with E-state index in [-0.39, 0.29) is 10.5 Å². The Kier molecular flexibility index (Phi) is 5.58. The summed E-state index contributed by atoms with van der Waals surface area (Å²) in [5, 5.41) is 3.05. The van der Waals surface area contributed by atoms with Crippen LogP contribution in [0.4, 0.5) is 10.1 Å². The van der Waals surface area contributed by atoms with Gasteiger partial charge in [0.15, 0.2) is 0 Å². The summed E-state index contributed by atoms with van der Waals surface area (Å²) in [7, 11) is -3.92. The fourth-order valence-electron chi connectivity index (χ4n) is 2.08. The minimum Gasteiger partial charge on any atom is -0.325 e. The molecule has 0 saturated heterocycles. The Hall–Kier alpha value is -1.96. The van der Waals surface area contributed by atoms with Crippen LogP contribution in [-0.2, 0) is 14.8 Å². The summed E-state index contributed by atoms with van der Waals surface area (Å²) in [4.78, 5) is 11.9. The van der Waals surface area contributed by atoms with Crippen LogP contribution < -0.4 is 10.0 Å². The quantitative estimate of drug-likeness (QED) is 0.849. The lowest BCUT2D eigenvalue weighted by Gasteiger charge is -2.11. The monoisotopic (exact) mass is 370 g/mol. The molecule has 0 aliphatic rings. The number of amides is 1. The Morgan fingerprint density at radius 2 is 1.83 bits per heavy atom. The molecule has 0 atom stereocenters. The molecule has 128 valence electrons. The highest BCUT2D eigenvalue weighted by Gasteiger charge is 2.18. The molecule has 8 heteroatoms. The Bertz CT molecular complexity index is 885. The average Bonchev–Trinajstić information content (AvgIpc) is 2.49. The van der Waals surface area contributed by atoms with Gasteiger partial charge in [-0.2, -0.15) is 0 Å². The predicted octanol–water partition coefficient (Wildman–Crippen LogP) is 3.01. The van der Waals surface area contributed by atoms with Crippen LogP contribution in [0.3, 0.4) is 0 Å². The van der Waals surface area contributed by atoms with Gasteiger partial charge in [-0.3, -0.25) is 4.79 Å². The zero-order chi connectivity index (χ0) is 17.9. The number of anilines is 1. The van der Waals surface area contributed by atoms with Crippen LogP contribution in [0.5, 0.6) is 0 Å². The molecule has 0 radical (unpaired) electrons. The molecule has 0 fully saturated rings. The lowest BCUT2D eigenvalue weighted by molar-refractivity contribution is -0.115. The number of carbonyl (C=O) groups is 1. The Balaban J connectivity index is 2.06. The Morgan fingerprint density at radius 3 is 2.50 bits per heavy atom. The fourth-order valence-corrected chi connectivity index (χ4v) is 3.45. The normalized spacial score (nSPS) is 11.3. The van der Waals surface area contributed by atoms with E-state index in [4.69, 9.17) is 11.6 Å². The third-order valence-corrected chi connectivity index (χ3v) is 5.12. The lowest BCUT2D eigenvalue weighted by atomic mass is 10.2. The van der Waals surface area contributed by atoms with Crippen molar-refractivity contribution >= 4 is 33.2 Å². The summed E-state index contributed by atoms with van der Waals surface area (Å²) in [6, 6.07) is 8.33. The molecule has 0 saturated carbocycles. The van der Waals surface area contributed by atoms with Gasteiger partial charge in [-0.15, -0.1) is 0 Å². The number of sulfonamides is 1. The number of carbonyl (C=O) groups excluding carboxylic acids is 1. The van der Waals surface area contributed by atoms with Crippen molar-refractivity contribution in [2.75, 3.05) is 11.9 Å². The SMILES string of the molecule is Cc1ccc(Cl)cc1NC(=O)CNS(=O)(=O)c1ccc(F)cc1C. The third-order valence-electron chi connectivity index (χ3n) is 3.32. The van der Waals surface area contributed by atoms with Crippen LogP contribution in [-0.4, -0.2) is 20.9 Å². The van der Waals surface area contributed by atoms with Gasteiger partial charge in [0.25, 0.3) is 0 Å². The largest absolute Gasteiger partial charge is 0.325 e. The predicted molar refractivity (Wildman–Crippen MR) is 91.1 cm³/mol. The second-order valence-electron chi connectivity index (χ2n) is 5.24. The molecule has 0 aromatic heterocycles. The topological polar surface area (TPSA) is 75.3 Å². The number of benzene rings is 2. The second kappa shape index (κ2) is 7.29. The summed E-state index contributed by atoms with van der Waals surface area (Å²) in [5.41, 5.74) is 1.56. The van der Waals surface area contributed by atoms with Gasteiger partial charge < -0.3 is 5.32 Å². The fraction of sp³-hybridized carbons (Fsp3) is 0.188. The lowest BCUT2D eigenvalue weighted by Crippen LogP contribution is -2.33. The van der Waals surface area contributed by atoms with E-state index in [2.05, 4.69) is 10.0 Å². The summed E-state index contributed by atoms with van der Waals surface area (Å²) < 4.78 is 39.7. The van der Waals surface area contributed by atoms with Crippen LogP contribution in [0.2, 0.25) is 5.02 Å².